The number of hydrogen-bond donors (Lipinski definition) is 2. The Balaban J connectivity index is 1.70. The Bertz CT molecular complexity index is 1250. The molecule has 0 fully saturated rings. The summed E-state index contributed by atoms with van der Waals surface area (Å²) in [5.74, 6) is 1.73. The van der Waals surface area contributed by atoms with Gasteiger partial charge in [-0.25, -0.2) is 9.97 Å². The van der Waals surface area contributed by atoms with E-state index in [2.05, 4.69) is 69.5 Å². The predicted molar refractivity (Wildman–Crippen MR) is 125 cm³/mol. The van der Waals surface area contributed by atoms with Crippen LogP contribution in [0.1, 0.15) is 27.2 Å². The Morgan fingerprint density at radius 2 is 2.00 bits per heavy atom. The van der Waals surface area contributed by atoms with Gasteiger partial charge in [-0.3, -0.25) is 4.79 Å². The van der Waals surface area contributed by atoms with Crippen LogP contribution in [0.5, 0.6) is 5.75 Å². The van der Waals surface area contributed by atoms with Crippen LogP contribution in [-0.2, 0) is 11.3 Å². The number of nitrogens with one attached hydrogen (secondary N) is 2. The minimum atomic E-state index is -0.0830. The number of rotatable bonds is 7. The van der Waals surface area contributed by atoms with E-state index in [9.17, 15) is 4.79 Å². The van der Waals surface area contributed by atoms with Gasteiger partial charge in [0, 0.05) is 47.2 Å². The molecule has 1 amide bonds. The highest BCUT2D eigenvalue weighted by atomic mass is 16.5. The highest BCUT2D eigenvalue weighted by Crippen LogP contribution is 2.33. The summed E-state index contributed by atoms with van der Waals surface area (Å²) in [5, 5.41) is 8.26. The fourth-order valence-corrected chi connectivity index (χ4v) is 3.66. The lowest BCUT2D eigenvalue weighted by Crippen LogP contribution is -2.10. The molecule has 2 aromatic heterocycles. The summed E-state index contributed by atoms with van der Waals surface area (Å²) >= 11 is 0. The summed E-state index contributed by atoms with van der Waals surface area (Å²) < 4.78 is 7.71. The molecular weight excluding hydrogens is 390 g/mol. The predicted octanol–water partition coefficient (Wildman–Crippen LogP) is 5.34. The third-order valence-electron chi connectivity index (χ3n) is 5.15. The molecular formula is C24H27N5O2. The summed E-state index contributed by atoms with van der Waals surface area (Å²) in [4.78, 5) is 20.7. The van der Waals surface area contributed by atoms with E-state index in [1.54, 1.807) is 7.11 Å². The van der Waals surface area contributed by atoms with Crippen molar-refractivity contribution < 1.29 is 9.53 Å². The number of methoxy groups -OCH3 is 1. The number of benzene rings is 2. The maximum absolute atomic E-state index is 11.9. The number of hydrogen-bond acceptors (Lipinski definition) is 5. The molecule has 2 N–H and O–H groups in total. The fourth-order valence-electron chi connectivity index (χ4n) is 3.66. The Morgan fingerprint density at radius 1 is 1.16 bits per heavy atom. The van der Waals surface area contributed by atoms with Crippen molar-refractivity contribution in [2.24, 2.45) is 5.92 Å². The van der Waals surface area contributed by atoms with Crippen molar-refractivity contribution in [3.05, 3.63) is 48.9 Å². The Kier molecular flexibility index (Phi) is 5.75. The molecule has 7 nitrogen and oxygen atoms in total. The van der Waals surface area contributed by atoms with Gasteiger partial charge in [-0.05, 0) is 36.2 Å². The Labute approximate surface area is 181 Å². The van der Waals surface area contributed by atoms with Gasteiger partial charge in [0.05, 0.1) is 18.3 Å². The van der Waals surface area contributed by atoms with Crippen molar-refractivity contribution in [1.29, 1.82) is 0 Å². The largest absolute Gasteiger partial charge is 0.494 e. The maximum Gasteiger partial charge on any atom is 0.224 e. The van der Waals surface area contributed by atoms with Gasteiger partial charge in [-0.15, -0.1) is 0 Å². The number of nitrogens with zero attached hydrogens (tertiary/aromatic N) is 3. The Morgan fingerprint density at radius 3 is 2.74 bits per heavy atom. The average Bonchev–Trinajstić information content (AvgIpc) is 3.15. The molecule has 7 heteroatoms. The minimum Gasteiger partial charge on any atom is -0.494 e. The van der Waals surface area contributed by atoms with E-state index in [0.717, 1.165) is 23.1 Å². The smallest absolute Gasteiger partial charge is 0.224 e. The van der Waals surface area contributed by atoms with E-state index in [4.69, 9.17) is 4.74 Å². The Hall–Kier alpha value is -3.61. The van der Waals surface area contributed by atoms with Gasteiger partial charge in [-0.1, -0.05) is 20.8 Å². The standard InChI is InChI=1S/C24H27N5O2/c1-5-23(30)28-20-11-18-19(12-22(20)31-4)25-14-26-24(18)27-17-6-7-21-16(10-17)8-9-29(21)13-15(2)3/h6-12,14-15H,5,13H2,1-4H3,(H,28,30)(H,25,26,27). The highest BCUT2D eigenvalue weighted by Gasteiger charge is 2.13. The van der Waals surface area contributed by atoms with Crippen LogP contribution >= 0.6 is 0 Å². The van der Waals surface area contributed by atoms with Gasteiger partial charge < -0.3 is 19.9 Å². The van der Waals surface area contributed by atoms with E-state index in [1.807, 2.05) is 19.1 Å². The number of carbonyl (C=O) groups excluding carboxylic acids is 1. The van der Waals surface area contributed by atoms with E-state index in [0.29, 0.717) is 29.6 Å². The fraction of sp³-hybridized carbons (Fsp3) is 0.292. The lowest BCUT2D eigenvalue weighted by molar-refractivity contribution is -0.115. The molecule has 0 aliphatic carbocycles. The third-order valence-corrected chi connectivity index (χ3v) is 5.15. The quantitative estimate of drug-likeness (QED) is 0.424. The zero-order chi connectivity index (χ0) is 22.0. The zero-order valence-electron chi connectivity index (χ0n) is 18.3. The molecule has 0 atom stereocenters. The first-order valence-electron chi connectivity index (χ1n) is 10.5. The molecule has 0 saturated carbocycles. The topological polar surface area (TPSA) is 81.1 Å². The summed E-state index contributed by atoms with van der Waals surface area (Å²) in [6, 6.07) is 12.1. The molecule has 0 unspecified atom stereocenters. The van der Waals surface area contributed by atoms with E-state index < -0.39 is 0 Å². The number of amides is 1. The molecule has 0 aliphatic heterocycles. The number of fused-ring (bicyclic) bond motifs is 2. The van der Waals surface area contributed by atoms with Crippen molar-refractivity contribution in [1.82, 2.24) is 14.5 Å². The molecule has 2 aromatic carbocycles. The van der Waals surface area contributed by atoms with Crippen molar-refractivity contribution in [2.45, 2.75) is 33.7 Å². The van der Waals surface area contributed by atoms with Crippen LogP contribution in [0.15, 0.2) is 48.9 Å². The molecule has 0 spiro atoms. The maximum atomic E-state index is 11.9. The highest BCUT2D eigenvalue weighted by molar-refractivity contribution is 5.99. The molecule has 0 saturated heterocycles. The number of carbonyl (C=O) groups is 1. The second-order valence-electron chi connectivity index (χ2n) is 7.95. The van der Waals surface area contributed by atoms with Crippen LogP contribution in [0.4, 0.5) is 17.2 Å². The molecule has 0 aliphatic rings. The summed E-state index contributed by atoms with van der Waals surface area (Å²) in [6.07, 6.45) is 4.03. The van der Waals surface area contributed by atoms with E-state index >= 15 is 0 Å². The number of aromatic nitrogens is 3. The van der Waals surface area contributed by atoms with Crippen molar-refractivity contribution in [3.63, 3.8) is 0 Å². The first-order chi connectivity index (χ1) is 15.0. The molecule has 0 radical (unpaired) electrons. The van der Waals surface area contributed by atoms with Gasteiger partial charge in [0.2, 0.25) is 5.91 Å². The third kappa shape index (κ3) is 4.30. The first kappa shape index (κ1) is 20.7. The van der Waals surface area contributed by atoms with Gasteiger partial charge >= 0.3 is 0 Å². The SMILES string of the molecule is CCC(=O)Nc1cc2c(Nc3ccc4c(ccn4CC(C)C)c3)ncnc2cc1OC. The summed E-state index contributed by atoms with van der Waals surface area (Å²) in [6.45, 7) is 7.23. The second kappa shape index (κ2) is 8.63. The molecule has 4 aromatic rings. The summed E-state index contributed by atoms with van der Waals surface area (Å²) in [5.41, 5.74) is 3.47. The summed E-state index contributed by atoms with van der Waals surface area (Å²) in [7, 11) is 1.57. The molecule has 31 heavy (non-hydrogen) atoms. The van der Waals surface area contributed by atoms with Crippen LogP contribution in [0.2, 0.25) is 0 Å². The molecule has 4 rings (SSSR count). The number of ether oxygens (including phenoxy) is 1. The monoisotopic (exact) mass is 417 g/mol. The zero-order valence-corrected chi connectivity index (χ0v) is 18.3. The lowest BCUT2D eigenvalue weighted by Gasteiger charge is -2.14. The van der Waals surface area contributed by atoms with Crippen molar-refractivity contribution in [2.75, 3.05) is 17.7 Å². The first-order valence-corrected chi connectivity index (χ1v) is 10.5. The van der Waals surface area contributed by atoms with Gasteiger partial charge in [0.25, 0.3) is 0 Å². The van der Waals surface area contributed by atoms with E-state index in [-0.39, 0.29) is 5.91 Å². The minimum absolute atomic E-state index is 0.0830. The van der Waals surface area contributed by atoms with Crippen LogP contribution in [0.3, 0.4) is 0 Å². The number of anilines is 3. The van der Waals surface area contributed by atoms with Crippen LogP contribution in [0, 0.1) is 5.92 Å². The van der Waals surface area contributed by atoms with Gasteiger partial charge in [-0.2, -0.15) is 0 Å². The van der Waals surface area contributed by atoms with E-state index in [1.165, 1.54) is 17.2 Å². The molecule has 160 valence electrons. The van der Waals surface area contributed by atoms with Gasteiger partial charge in [0.1, 0.15) is 17.9 Å². The molecule has 2 heterocycles. The lowest BCUT2D eigenvalue weighted by atomic mass is 10.1. The van der Waals surface area contributed by atoms with Crippen LogP contribution in [0.25, 0.3) is 21.8 Å². The molecule has 0 bridgehead atoms. The second-order valence-corrected chi connectivity index (χ2v) is 7.95. The van der Waals surface area contributed by atoms with Crippen molar-refractivity contribution in [3.8, 4) is 5.75 Å². The average molecular weight is 418 g/mol. The van der Waals surface area contributed by atoms with Crippen LogP contribution < -0.4 is 15.4 Å². The van der Waals surface area contributed by atoms with Gasteiger partial charge in [0.15, 0.2) is 0 Å². The normalized spacial score (nSPS) is 11.3. The van der Waals surface area contributed by atoms with Crippen LogP contribution in [-0.4, -0.2) is 27.6 Å². The van der Waals surface area contributed by atoms with Crippen molar-refractivity contribution >= 4 is 44.9 Å².